The van der Waals surface area contributed by atoms with E-state index >= 15 is 0 Å². The molecule has 2 aromatic rings. The van der Waals surface area contributed by atoms with E-state index in [0.717, 1.165) is 22.9 Å². The Kier molecular flexibility index (Phi) is 3.20. The van der Waals surface area contributed by atoms with Gasteiger partial charge in [0.25, 0.3) is 0 Å². The molecule has 0 radical (unpaired) electrons. The van der Waals surface area contributed by atoms with E-state index in [2.05, 4.69) is 29.1 Å². The lowest BCUT2D eigenvalue weighted by molar-refractivity contribution is 0.485. The summed E-state index contributed by atoms with van der Waals surface area (Å²) < 4.78 is 2.70. The molecule has 6 heteroatoms. The standard InChI is InChI=1S/C10H14N4S2/c1-6(2)5-14-8(4-7(3)13-14)9-11-12-10(15)16-9/h4,6H,5H2,1-3H3,(H,12,15). The Bertz CT molecular complexity index is 535. The molecule has 0 aliphatic heterocycles. The molecule has 16 heavy (non-hydrogen) atoms. The number of rotatable bonds is 3. The van der Waals surface area contributed by atoms with Crippen LogP contribution in [0.1, 0.15) is 19.5 Å². The third-order valence-electron chi connectivity index (χ3n) is 2.10. The van der Waals surface area contributed by atoms with Crippen LogP contribution in [-0.4, -0.2) is 20.0 Å². The highest BCUT2D eigenvalue weighted by Crippen LogP contribution is 2.23. The van der Waals surface area contributed by atoms with Crippen LogP contribution in [0, 0.1) is 16.8 Å². The van der Waals surface area contributed by atoms with Crippen molar-refractivity contribution in [2.45, 2.75) is 27.3 Å². The predicted octanol–water partition coefficient (Wildman–Crippen LogP) is 3.03. The molecule has 0 fully saturated rings. The van der Waals surface area contributed by atoms with Crippen molar-refractivity contribution in [2.75, 3.05) is 0 Å². The first-order chi connectivity index (χ1) is 7.56. The average molecular weight is 254 g/mol. The summed E-state index contributed by atoms with van der Waals surface area (Å²) in [5, 5.41) is 12.4. The van der Waals surface area contributed by atoms with Gasteiger partial charge in [-0.1, -0.05) is 25.2 Å². The van der Waals surface area contributed by atoms with Crippen LogP contribution in [0.2, 0.25) is 0 Å². The Morgan fingerprint density at radius 1 is 1.56 bits per heavy atom. The van der Waals surface area contributed by atoms with Gasteiger partial charge in [0.2, 0.25) is 0 Å². The summed E-state index contributed by atoms with van der Waals surface area (Å²) in [7, 11) is 0. The minimum atomic E-state index is 0.560. The second-order valence-corrected chi connectivity index (χ2v) is 5.83. The van der Waals surface area contributed by atoms with E-state index in [1.807, 2.05) is 17.7 Å². The van der Waals surface area contributed by atoms with Gasteiger partial charge in [-0.15, -0.1) is 0 Å². The molecule has 2 rings (SSSR count). The normalized spacial score (nSPS) is 11.2. The topological polar surface area (TPSA) is 46.5 Å². The van der Waals surface area contributed by atoms with Gasteiger partial charge < -0.3 is 0 Å². The molecule has 0 aromatic carbocycles. The fraction of sp³-hybridized carbons (Fsp3) is 0.500. The van der Waals surface area contributed by atoms with Gasteiger partial charge in [-0.25, -0.2) is 0 Å². The molecule has 0 saturated carbocycles. The van der Waals surface area contributed by atoms with Crippen molar-refractivity contribution in [2.24, 2.45) is 5.92 Å². The first kappa shape index (κ1) is 11.5. The zero-order chi connectivity index (χ0) is 11.7. The molecule has 2 aromatic heterocycles. The molecule has 0 bridgehead atoms. The second-order valence-electron chi connectivity index (χ2n) is 4.17. The molecule has 0 amide bonds. The minimum Gasteiger partial charge on any atom is -0.262 e. The van der Waals surface area contributed by atoms with Gasteiger partial charge in [-0.3, -0.25) is 9.78 Å². The van der Waals surface area contributed by atoms with Crippen LogP contribution in [-0.2, 0) is 6.54 Å². The van der Waals surface area contributed by atoms with E-state index in [-0.39, 0.29) is 0 Å². The summed E-state index contributed by atoms with van der Waals surface area (Å²) in [6.07, 6.45) is 0. The zero-order valence-electron chi connectivity index (χ0n) is 9.52. The molecule has 1 N–H and O–H groups in total. The summed E-state index contributed by atoms with van der Waals surface area (Å²) in [4.78, 5) is 0. The number of aromatic amines is 1. The number of hydrogen-bond donors (Lipinski definition) is 1. The first-order valence-electron chi connectivity index (χ1n) is 5.16. The van der Waals surface area contributed by atoms with Crippen molar-refractivity contribution in [1.29, 1.82) is 0 Å². The molecule has 86 valence electrons. The number of H-pyrrole nitrogens is 1. The lowest BCUT2D eigenvalue weighted by Crippen LogP contribution is -2.07. The lowest BCUT2D eigenvalue weighted by Gasteiger charge is -2.07. The van der Waals surface area contributed by atoms with Gasteiger partial charge in [0.1, 0.15) is 0 Å². The molecule has 0 saturated heterocycles. The lowest BCUT2D eigenvalue weighted by atomic mass is 10.2. The Labute approximate surface area is 103 Å². The Hall–Kier alpha value is -1.01. The molecular weight excluding hydrogens is 240 g/mol. The maximum atomic E-state index is 5.04. The van der Waals surface area contributed by atoms with E-state index < -0.39 is 0 Å². The molecule has 0 atom stereocenters. The zero-order valence-corrected chi connectivity index (χ0v) is 11.2. The quantitative estimate of drug-likeness (QED) is 0.856. The fourth-order valence-corrected chi connectivity index (χ4v) is 2.45. The summed E-state index contributed by atoms with van der Waals surface area (Å²) in [6, 6.07) is 2.05. The molecule has 0 unspecified atom stereocenters. The molecule has 0 aliphatic carbocycles. The predicted molar refractivity (Wildman–Crippen MR) is 68.1 cm³/mol. The van der Waals surface area contributed by atoms with Crippen LogP contribution in [0.5, 0.6) is 0 Å². The third kappa shape index (κ3) is 2.38. The van der Waals surface area contributed by atoms with Crippen LogP contribution in [0.4, 0.5) is 0 Å². The number of aryl methyl sites for hydroxylation is 1. The van der Waals surface area contributed by atoms with Crippen LogP contribution in [0.15, 0.2) is 6.07 Å². The first-order valence-corrected chi connectivity index (χ1v) is 6.39. The summed E-state index contributed by atoms with van der Waals surface area (Å²) >= 11 is 6.52. The smallest absolute Gasteiger partial charge is 0.176 e. The van der Waals surface area contributed by atoms with E-state index in [0.29, 0.717) is 9.87 Å². The molecule has 4 nitrogen and oxygen atoms in total. The number of nitrogens with zero attached hydrogens (tertiary/aromatic N) is 3. The molecule has 0 spiro atoms. The van der Waals surface area contributed by atoms with Crippen LogP contribution in [0.25, 0.3) is 10.7 Å². The van der Waals surface area contributed by atoms with Gasteiger partial charge in [-0.2, -0.15) is 10.2 Å². The summed E-state index contributed by atoms with van der Waals surface area (Å²) in [6.45, 7) is 7.24. The van der Waals surface area contributed by atoms with Gasteiger partial charge in [-0.05, 0) is 31.1 Å². The number of hydrogen-bond acceptors (Lipinski definition) is 4. The van der Waals surface area contributed by atoms with Crippen molar-refractivity contribution in [3.63, 3.8) is 0 Å². The SMILES string of the molecule is Cc1cc(-c2n[nH]c(=S)s2)n(CC(C)C)n1. The maximum absolute atomic E-state index is 5.04. The molecular formula is C10H14N4S2. The highest BCUT2D eigenvalue weighted by Gasteiger charge is 2.11. The second kappa shape index (κ2) is 4.47. The Morgan fingerprint density at radius 3 is 2.88 bits per heavy atom. The van der Waals surface area contributed by atoms with E-state index in [1.165, 1.54) is 11.3 Å². The third-order valence-corrected chi connectivity index (χ3v) is 3.21. The van der Waals surface area contributed by atoms with Crippen LogP contribution < -0.4 is 0 Å². The number of aromatic nitrogens is 4. The maximum Gasteiger partial charge on any atom is 0.176 e. The average Bonchev–Trinajstić information content (AvgIpc) is 2.72. The van der Waals surface area contributed by atoms with Crippen molar-refractivity contribution >= 4 is 23.6 Å². The van der Waals surface area contributed by atoms with Gasteiger partial charge >= 0.3 is 0 Å². The van der Waals surface area contributed by atoms with Crippen molar-refractivity contribution in [3.05, 3.63) is 15.7 Å². The van der Waals surface area contributed by atoms with Crippen molar-refractivity contribution in [1.82, 2.24) is 20.0 Å². The highest BCUT2D eigenvalue weighted by atomic mass is 32.1. The van der Waals surface area contributed by atoms with Gasteiger partial charge in [0.15, 0.2) is 8.96 Å². The molecule has 0 aliphatic rings. The monoisotopic (exact) mass is 254 g/mol. The molecule has 2 heterocycles. The number of nitrogens with one attached hydrogen (secondary N) is 1. The van der Waals surface area contributed by atoms with Crippen LogP contribution in [0.3, 0.4) is 0 Å². The van der Waals surface area contributed by atoms with E-state index in [4.69, 9.17) is 12.2 Å². The highest BCUT2D eigenvalue weighted by molar-refractivity contribution is 7.73. The van der Waals surface area contributed by atoms with Crippen LogP contribution >= 0.6 is 23.6 Å². The summed E-state index contributed by atoms with van der Waals surface area (Å²) in [5.74, 6) is 0.560. The van der Waals surface area contributed by atoms with Crippen molar-refractivity contribution < 1.29 is 0 Å². The van der Waals surface area contributed by atoms with E-state index in [9.17, 15) is 0 Å². The Balaban J connectivity index is 2.43. The fourth-order valence-electron chi connectivity index (χ4n) is 1.54. The van der Waals surface area contributed by atoms with Gasteiger partial charge in [0.05, 0.1) is 11.4 Å². The largest absolute Gasteiger partial charge is 0.262 e. The minimum absolute atomic E-state index is 0.560. The summed E-state index contributed by atoms with van der Waals surface area (Å²) in [5.41, 5.74) is 2.06. The Morgan fingerprint density at radius 2 is 2.31 bits per heavy atom. The van der Waals surface area contributed by atoms with Gasteiger partial charge in [0, 0.05) is 6.54 Å². The van der Waals surface area contributed by atoms with Crippen molar-refractivity contribution in [3.8, 4) is 10.7 Å². The van der Waals surface area contributed by atoms with E-state index in [1.54, 1.807) is 0 Å².